The van der Waals surface area contributed by atoms with Gasteiger partial charge in [-0.05, 0) is 40.7 Å². The van der Waals surface area contributed by atoms with Crippen molar-refractivity contribution in [2.45, 2.75) is 52.2 Å². The maximum atomic E-state index is 6.01. The molecule has 1 aromatic heterocycles. The Labute approximate surface area is 103 Å². The van der Waals surface area contributed by atoms with Gasteiger partial charge in [-0.2, -0.15) is 0 Å². The van der Waals surface area contributed by atoms with Gasteiger partial charge in [0.15, 0.2) is 0 Å². The summed E-state index contributed by atoms with van der Waals surface area (Å²) in [6, 6.07) is 0. The number of nitrogens with zero attached hydrogens (tertiary/aromatic N) is 1. The molecule has 1 unspecified atom stereocenters. The first-order valence-electron chi connectivity index (χ1n) is 6.38. The summed E-state index contributed by atoms with van der Waals surface area (Å²) in [6.07, 6.45) is 1.56. The Hall–Kier alpha value is -0.870. The summed E-state index contributed by atoms with van der Waals surface area (Å²) in [5.74, 6) is 1.34. The maximum Gasteiger partial charge on any atom is 0.137 e. The van der Waals surface area contributed by atoms with Gasteiger partial charge < -0.3 is 14.6 Å². The molecule has 0 bridgehead atoms. The van der Waals surface area contributed by atoms with Crippen molar-refractivity contribution < 1.29 is 9.26 Å². The summed E-state index contributed by atoms with van der Waals surface area (Å²) in [6.45, 7) is 10.1. The molecule has 1 aliphatic heterocycles. The molecule has 4 nitrogen and oxygen atoms in total. The fourth-order valence-electron chi connectivity index (χ4n) is 2.67. The van der Waals surface area contributed by atoms with Gasteiger partial charge in [-0.3, -0.25) is 0 Å². The minimum Gasteiger partial charge on any atom is -0.374 e. The number of aromatic nitrogens is 1. The van der Waals surface area contributed by atoms with Gasteiger partial charge in [0.2, 0.25) is 0 Å². The van der Waals surface area contributed by atoms with Crippen LogP contribution in [0.25, 0.3) is 0 Å². The Morgan fingerprint density at radius 1 is 1.41 bits per heavy atom. The minimum atomic E-state index is 0.223. The third-order valence-electron chi connectivity index (χ3n) is 3.33. The lowest BCUT2D eigenvalue weighted by molar-refractivity contribution is -0.0173. The van der Waals surface area contributed by atoms with Crippen LogP contribution in [0.15, 0.2) is 4.52 Å². The summed E-state index contributed by atoms with van der Waals surface area (Å²) in [4.78, 5) is 0. The predicted molar refractivity (Wildman–Crippen MR) is 66.2 cm³/mol. The molecule has 1 aromatic rings. The lowest BCUT2D eigenvalue weighted by Gasteiger charge is -2.33. The van der Waals surface area contributed by atoms with Crippen LogP contribution in [0.1, 0.15) is 43.2 Å². The van der Waals surface area contributed by atoms with Crippen LogP contribution in [0.2, 0.25) is 0 Å². The molecule has 96 valence electrons. The summed E-state index contributed by atoms with van der Waals surface area (Å²) < 4.78 is 11.3. The number of rotatable bonds is 3. The van der Waals surface area contributed by atoms with Gasteiger partial charge in [0.25, 0.3) is 0 Å². The largest absolute Gasteiger partial charge is 0.374 e. The monoisotopic (exact) mass is 238 g/mol. The molecule has 0 aliphatic carbocycles. The molecule has 1 fully saturated rings. The van der Waals surface area contributed by atoms with E-state index in [-0.39, 0.29) is 12.2 Å². The molecule has 2 atom stereocenters. The van der Waals surface area contributed by atoms with E-state index in [1.807, 2.05) is 13.8 Å². The molecule has 1 saturated heterocycles. The summed E-state index contributed by atoms with van der Waals surface area (Å²) in [7, 11) is 0. The van der Waals surface area contributed by atoms with Crippen LogP contribution in [0.4, 0.5) is 0 Å². The molecule has 0 amide bonds. The third-order valence-corrected chi connectivity index (χ3v) is 3.33. The number of nitrogens with one attached hydrogen (secondary N) is 1. The Balaban J connectivity index is 2.21. The molecule has 1 N–H and O–H groups in total. The minimum absolute atomic E-state index is 0.223. The molecule has 17 heavy (non-hydrogen) atoms. The zero-order valence-corrected chi connectivity index (χ0v) is 11.1. The van der Waals surface area contributed by atoms with Crippen molar-refractivity contribution >= 4 is 0 Å². The SMILES string of the molecule is Cc1noc(C)c1C1CCNC[C@H]1OC(C)C. The number of hydrogen-bond acceptors (Lipinski definition) is 4. The summed E-state index contributed by atoms with van der Waals surface area (Å²) in [5.41, 5.74) is 2.25. The lowest BCUT2D eigenvalue weighted by atomic mass is 9.86. The van der Waals surface area contributed by atoms with Gasteiger partial charge in [-0.25, -0.2) is 0 Å². The van der Waals surface area contributed by atoms with Crippen molar-refractivity contribution in [1.82, 2.24) is 10.5 Å². The number of piperidine rings is 1. The normalized spacial score (nSPS) is 25.5. The van der Waals surface area contributed by atoms with Crippen molar-refractivity contribution in [2.75, 3.05) is 13.1 Å². The number of hydrogen-bond donors (Lipinski definition) is 1. The fraction of sp³-hybridized carbons (Fsp3) is 0.769. The molecular weight excluding hydrogens is 216 g/mol. The summed E-state index contributed by atoms with van der Waals surface area (Å²) >= 11 is 0. The van der Waals surface area contributed by atoms with Crippen LogP contribution in [0.3, 0.4) is 0 Å². The van der Waals surface area contributed by atoms with E-state index >= 15 is 0 Å². The first-order chi connectivity index (χ1) is 8.09. The molecule has 0 spiro atoms. The molecule has 0 aromatic carbocycles. The highest BCUT2D eigenvalue weighted by atomic mass is 16.5. The second-order valence-corrected chi connectivity index (χ2v) is 5.06. The van der Waals surface area contributed by atoms with Gasteiger partial charge in [0.05, 0.1) is 17.9 Å². The van der Waals surface area contributed by atoms with Crippen LogP contribution in [-0.2, 0) is 4.74 Å². The zero-order chi connectivity index (χ0) is 12.4. The molecular formula is C13H22N2O2. The Bertz CT molecular complexity index is 354. The highest BCUT2D eigenvalue weighted by Gasteiger charge is 2.31. The Morgan fingerprint density at radius 2 is 2.18 bits per heavy atom. The van der Waals surface area contributed by atoms with Crippen molar-refractivity contribution in [3.8, 4) is 0 Å². The van der Waals surface area contributed by atoms with E-state index in [0.29, 0.717) is 5.92 Å². The molecule has 0 radical (unpaired) electrons. The Morgan fingerprint density at radius 3 is 2.76 bits per heavy atom. The van der Waals surface area contributed by atoms with Gasteiger partial charge in [0.1, 0.15) is 5.76 Å². The predicted octanol–water partition coefficient (Wildman–Crippen LogP) is 2.16. The van der Waals surface area contributed by atoms with E-state index in [2.05, 4.69) is 24.3 Å². The smallest absolute Gasteiger partial charge is 0.137 e. The zero-order valence-electron chi connectivity index (χ0n) is 11.1. The highest BCUT2D eigenvalue weighted by molar-refractivity contribution is 5.27. The average molecular weight is 238 g/mol. The first-order valence-corrected chi connectivity index (χ1v) is 6.38. The molecule has 1 aliphatic rings. The van der Waals surface area contributed by atoms with Crippen LogP contribution in [-0.4, -0.2) is 30.5 Å². The van der Waals surface area contributed by atoms with E-state index in [1.165, 1.54) is 5.56 Å². The molecule has 2 rings (SSSR count). The first kappa shape index (κ1) is 12.6. The van der Waals surface area contributed by atoms with Gasteiger partial charge >= 0.3 is 0 Å². The van der Waals surface area contributed by atoms with Crippen molar-refractivity contribution in [1.29, 1.82) is 0 Å². The van der Waals surface area contributed by atoms with Crippen LogP contribution < -0.4 is 5.32 Å². The number of ether oxygens (including phenoxy) is 1. The quantitative estimate of drug-likeness (QED) is 0.876. The molecule has 0 saturated carbocycles. The van der Waals surface area contributed by atoms with E-state index in [0.717, 1.165) is 31.0 Å². The topological polar surface area (TPSA) is 47.3 Å². The van der Waals surface area contributed by atoms with Crippen molar-refractivity contribution in [2.24, 2.45) is 0 Å². The highest BCUT2D eigenvalue weighted by Crippen LogP contribution is 2.32. The van der Waals surface area contributed by atoms with E-state index in [1.54, 1.807) is 0 Å². The maximum absolute atomic E-state index is 6.01. The standard InChI is InChI=1S/C13H22N2O2/c1-8(2)16-12-7-14-6-5-11(12)13-9(3)15-17-10(13)4/h8,11-12,14H,5-7H2,1-4H3/t11?,12-/m1/s1. The second-order valence-electron chi connectivity index (χ2n) is 5.06. The van der Waals surface area contributed by atoms with Gasteiger partial charge in [0, 0.05) is 18.0 Å². The average Bonchev–Trinajstić information content (AvgIpc) is 2.59. The summed E-state index contributed by atoms with van der Waals surface area (Å²) in [5, 5.41) is 7.45. The van der Waals surface area contributed by atoms with Crippen LogP contribution in [0, 0.1) is 13.8 Å². The van der Waals surface area contributed by atoms with Crippen molar-refractivity contribution in [3.05, 3.63) is 17.0 Å². The van der Waals surface area contributed by atoms with Crippen LogP contribution >= 0.6 is 0 Å². The second kappa shape index (κ2) is 5.19. The fourth-order valence-corrected chi connectivity index (χ4v) is 2.67. The Kier molecular flexibility index (Phi) is 3.84. The van der Waals surface area contributed by atoms with E-state index in [4.69, 9.17) is 9.26 Å². The molecule has 2 heterocycles. The third kappa shape index (κ3) is 2.69. The number of aryl methyl sites for hydroxylation is 2. The molecule has 4 heteroatoms. The van der Waals surface area contributed by atoms with Gasteiger partial charge in [-0.1, -0.05) is 5.16 Å². The van der Waals surface area contributed by atoms with E-state index in [9.17, 15) is 0 Å². The van der Waals surface area contributed by atoms with E-state index < -0.39 is 0 Å². The lowest BCUT2D eigenvalue weighted by Crippen LogP contribution is -2.42. The van der Waals surface area contributed by atoms with Gasteiger partial charge in [-0.15, -0.1) is 0 Å². The van der Waals surface area contributed by atoms with Crippen LogP contribution in [0.5, 0.6) is 0 Å². The van der Waals surface area contributed by atoms with Crippen molar-refractivity contribution in [3.63, 3.8) is 0 Å².